The van der Waals surface area contributed by atoms with Crippen LogP contribution in [0.2, 0.25) is 0 Å². The number of hydrogen-bond acceptors (Lipinski definition) is 3. The number of hydrogen-bond donors (Lipinski definition) is 1. The topological polar surface area (TPSA) is 63.6 Å². The van der Waals surface area contributed by atoms with Crippen molar-refractivity contribution in [3.63, 3.8) is 0 Å². The molecule has 0 saturated heterocycles. The number of aromatic amines is 1. The number of rotatable bonds is 2. The molecule has 0 spiro atoms. The number of nitrogens with one attached hydrogen (secondary N) is 1. The van der Waals surface area contributed by atoms with Gasteiger partial charge in [0.2, 0.25) is 0 Å². The van der Waals surface area contributed by atoms with Gasteiger partial charge in [0.1, 0.15) is 9.26 Å². The molecule has 2 aromatic heterocycles. The molecular weight excluding hydrogens is 355 g/mol. The van der Waals surface area contributed by atoms with Crippen LogP contribution in [0.5, 0.6) is 0 Å². The van der Waals surface area contributed by atoms with E-state index in [4.69, 9.17) is 4.98 Å². The van der Waals surface area contributed by atoms with Gasteiger partial charge in [-0.25, -0.2) is 4.98 Å². The van der Waals surface area contributed by atoms with Crippen LogP contribution in [0.1, 0.15) is 37.3 Å². The highest BCUT2D eigenvalue weighted by Crippen LogP contribution is 2.34. The first-order valence-corrected chi connectivity index (χ1v) is 7.53. The van der Waals surface area contributed by atoms with Crippen molar-refractivity contribution in [2.45, 2.75) is 31.6 Å². The van der Waals surface area contributed by atoms with E-state index in [0.717, 1.165) is 27.8 Å². The second-order valence-corrected chi connectivity index (χ2v) is 6.01. The van der Waals surface area contributed by atoms with Gasteiger partial charge >= 0.3 is 0 Å². The molecule has 1 aliphatic carbocycles. The zero-order valence-corrected chi connectivity index (χ0v) is 12.8. The fourth-order valence-electron chi connectivity index (χ4n) is 2.67. The quantitative estimate of drug-likeness (QED) is 0.826. The van der Waals surface area contributed by atoms with Crippen molar-refractivity contribution in [2.24, 2.45) is 7.05 Å². The van der Waals surface area contributed by atoms with Gasteiger partial charge in [0.05, 0.1) is 5.69 Å². The number of halogens is 1. The lowest BCUT2D eigenvalue weighted by molar-refractivity contribution is 0.684. The monoisotopic (exact) mass is 370 g/mol. The summed E-state index contributed by atoms with van der Waals surface area (Å²) in [5.74, 6) is 1.05. The van der Waals surface area contributed by atoms with Crippen LogP contribution in [0.4, 0.5) is 0 Å². The van der Waals surface area contributed by atoms with E-state index in [1.807, 2.05) is 13.1 Å². The smallest absolute Gasteiger partial charge is 0.264 e. The third kappa shape index (κ3) is 2.33. The predicted octanol–water partition coefficient (Wildman–Crippen LogP) is 2.43. The van der Waals surface area contributed by atoms with Crippen LogP contribution in [0.25, 0.3) is 11.5 Å². The summed E-state index contributed by atoms with van der Waals surface area (Å²) in [4.78, 5) is 19.6. The first kappa shape index (κ1) is 12.8. The molecule has 0 atom stereocenters. The minimum Gasteiger partial charge on any atom is -0.304 e. The lowest BCUT2D eigenvalue weighted by atomic mass is 10.0. The minimum absolute atomic E-state index is 0.0475. The number of aromatic nitrogens is 4. The molecule has 0 aromatic carbocycles. The van der Waals surface area contributed by atoms with Gasteiger partial charge in [0.15, 0.2) is 5.82 Å². The molecule has 1 saturated carbocycles. The number of aryl methyl sites for hydroxylation is 1. The Kier molecular flexibility index (Phi) is 3.42. The van der Waals surface area contributed by atoms with Gasteiger partial charge in [-0.1, -0.05) is 12.8 Å². The van der Waals surface area contributed by atoms with Crippen molar-refractivity contribution in [2.75, 3.05) is 0 Å². The summed E-state index contributed by atoms with van der Waals surface area (Å²) < 4.78 is 2.46. The van der Waals surface area contributed by atoms with Gasteiger partial charge in [0, 0.05) is 19.2 Å². The van der Waals surface area contributed by atoms with Crippen molar-refractivity contribution in [3.05, 3.63) is 31.9 Å². The minimum atomic E-state index is -0.0475. The number of H-pyrrole nitrogens is 1. The van der Waals surface area contributed by atoms with E-state index in [2.05, 4.69) is 32.7 Å². The number of nitrogens with zero attached hydrogens (tertiary/aromatic N) is 3. The summed E-state index contributed by atoms with van der Waals surface area (Å²) in [5.41, 5.74) is 1.75. The summed E-state index contributed by atoms with van der Waals surface area (Å²) in [6, 6.07) is 1.86. The van der Waals surface area contributed by atoms with Crippen molar-refractivity contribution in [3.8, 4) is 11.5 Å². The Morgan fingerprint density at radius 1 is 1.42 bits per heavy atom. The van der Waals surface area contributed by atoms with Crippen LogP contribution in [0.3, 0.4) is 0 Å². The van der Waals surface area contributed by atoms with Gasteiger partial charge in [-0.05, 0) is 41.5 Å². The van der Waals surface area contributed by atoms with E-state index in [1.54, 1.807) is 10.9 Å². The normalized spacial score (nSPS) is 16.1. The average molecular weight is 370 g/mol. The van der Waals surface area contributed by atoms with Crippen LogP contribution in [-0.4, -0.2) is 19.7 Å². The molecule has 0 amide bonds. The molecule has 1 aliphatic rings. The third-order valence-corrected chi connectivity index (χ3v) is 4.74. The zero-order chi connectivity index (χ0) is 13.4. The second kappa shape index (κ2) is 5.07. The molecule has 1 fully saturated rings. The summed E-state index contributed by atoms with van der Waals surface area (Å²) >= 11 is 2.11. The van der Waals surface area contributed by atoms with E-state index in [1.165, 1.54) is 12.8 Å². The van der Waals surface area contributed by atoms with Crippen molar-refractivity contribution in [1.82, 2.24) is 19.7 Å². The van der Waals surface area contributed by atoms with Crippen LogP contribution in [-0.2, 0) is 7.05 Å². The Bertz CT molecular complexity index is 655. The SMILES string of the molecule is Cn1nccc1-c1nc(C2CCCC2)c(I)c(=O)[nH]1. The van der Waals surface area contributed by atoms with E-state index in [9.17, 15) is 4.79 Å². The standard InChI is InChI=1S/C13H15IN4O/c1-18-9(6-7-15-18)12-16-11(8-4-2-3-5-8)10(14)13(19)17-12/h6-8H,2-5H2,1H3,(H,16,17,19). The maximum Gasteiger partial charge on any atom is 0.264 e. The van der Waals surface area contributed by atoms with Crippen molar-refractivity contribution in [1.29, 1.82) is 0 Å². The molecule has 1 N–H and O–H groups in total. The Hall–Kier alpha value is -1.18. The third-order valence-electron chi connectivity index (χ3n) is 3.69. The molecule has 0 radical (unpaired) electrons. The Morgan fingerprint density at radius 2 is 2.16 bits per heavy atom. The lowest BCUT2D eigenvalue weighted by Crippen LogP contribution is -2.18. The van der Waals surface area contributed by atoms with E-state index in [-0.39, 0.29) is 5.56 Å². The molecule has 2 heterocycles. The molecular formula is C13H15IN4O. The van der Waals surface area contributed by atoms with Crippen LogP contribution < -0.4 is 5.56 Å². The summed E-state index contributed by atoms with van der Waals surface area (Å²) in [6.07, 6.45) is 6.45. The van der Waals surface area contributed by atoms with Gasteiger partial charge in [-0.15, -0.1) is 0 Å². The first-order chi connectivity index (χ1) is 9.16. The molecule has 19 heavy (non-hydrogen) atoms. The van der Waals surface area contributed by atoms with Crippen LogP contribution >= 0.6 is 22.6 Å². The molecule has 0 bridgehead atoms. The maximum atomic E-state index is 12.1. The van der Waals surface area contributed by atoms with E-state index in [0.29, 0.717) is 11.7 Å². The van der Waals surface area contributed by atoms with Gasteiger partial charge in [-0.2, -0.15) is 5.10 Å². The molecule has 0 aliphatic heterocycles. The average Bonchev–Trinajstić information content (AvgIpc) is 3.03. The van der Waals surface area contributed by atoms with Crippen molar-refractivity contribution < 1.29 is 0 Å². The summed E-state index contributed by atoms with van der Waals surface area (Å²) in [7, 11) is 1.85. The first-order valence-electron chi connectivity index (χ1n) is 6.45. The van der Waals surface area contributed by atoms with Gasteiger partial charge in [-0.3, -0.25) is 9.48 Å². The van der Waals surface area contributed by atoms with Crippen molar-refractivity contribution >= 4 is 22.6 Å². The zero-order valence-electron chi connectivity index (χ0n) is 10.7. The Morgan fingerprint density at radius 3 is 2.79 bits per heavy atom. The molecule has 3 rings (SSSR count). The molecule has 0 unspecified atom stereocenters. The van der Waals surface area contributed by atoms with Gasteiger partial charge in [0.25, 0.3) is 5.56 Å². The van der Waals surface area contributed by atoms with Crippen LogP contribution in [0.15, 0.2) is 17.1 Å². The van der Waals surface area contributed by atoms with Gasteiger partial charge < -0.3 is 4.98 Å². The molecule has 5 nitrogen and oxygen atoms in total. The Balaban J connectivity index is 2.12. The summed E-state index contributed by atoms with van der Waals surface area (Å²) in [6.45, 7) is 0. The molecule has 6 heteroatoms. The molecule has 100 valence electrons. The second-order valence-electron chi connectivity index (χ2n) is 4.94. The van der Waals surface area contributed by atoms with Crippen LogP contribution in [0, 0.1) is 3.57 Å². The predicted molar refractivity (Wildman–Crippen MR) is 81.0 cm³/mol. The maximum absolute atomic E-state index is 12.1. The highest BCUT2D eigenvalue weighted by molar-refractivity contribution is 14.1. The molecule has 2 aromatic rings. The largest absolute Gasteiger partial charge is 0.304 e. The summed E-state index contributed by atoms with van der Waals surface area (Å²) in [5, 5.41) is 4.13. The Labute approximate surface area is 124 Å². The fraction of sp³-hybridized carbons (Fsp3) is 0.462. The highest BCUT2D eigenvalue weighted by atomic mass is 127. The van der Waals surface area contributed by atoms with E-state index >= 15 is 0 Å². The van der Waals surface area contributed by atoms with E-state index < -0.39 is 0 Å². The fourth-order valence-corrected chi connectivity index (χ4v) is 3.37. The lowest BCUT2D eigenvalue weighted by Gasteiger charge is -2.12. The highest BCUT2D eigenvalue weighted by Gasteiger charge is 2.23.